The molecule has 4 heteroatoms. The molecule has 2 rings (SSSR count). The highest BCUT2D eigenvalue weighted by Gasteiger charge is 2.13. The molecule has 1 unspecified atom stereocenters. The number of rotatable bonds is 4. The third kappa shape index (κ3) is 3.08. The molecule has 2 aromatic rings. The van der Waals surface area contributed by atoms with Gasteiger partial charge in [0.1, 0.15) is 5.76 Å². The Kier molecular flexibility index (Phi) is 4.33. The Balaban J connectivity index is 2.17. The minimum absolute atomic E-state index is 0.208. The highest BCUT2D eigenvalue weighted by Crippen LogP contribution is 2.26. The molecule has 0 aliphatic carbocycles. The van der Waals surface area contributed by atoms with E-state index in [1.54, 1.807) is 6.26 Å². The summed E-state index contributed by atoms with van der Waals surface area (Å²) in [4.78, 5) is 0. The van der Waals surface area contributed by atoms with Crippen LogP contribution >= 0.6 is 23.2 Å². The van der Waals surface area contributed by atoms with E-state index in [4.69, 9.17) is 27.6 Å². The van der Waals surface area contributed by atoms with Crippen molar-refractivity contribution in [1.29, 1.82) is 0 Å². The number of hydrogen-bond donors (Lipinski definition) is 1. The zero-order valence-corrected chi connectivity index (χ0v) is 11.8. The molecule has 1 aromatic carbocycles. The van der Waals surface area contributed by atoms with Gasteiger partial charge in [-0.2, -0.15) is 0 Å². The third-order valence-electron chi connectivity index (χ3n) is 2.93. The van der Waals surface area contributed by atoms with Gasteiger partial charge in [0.2, 0.25) is 0 Å². The van der Waals surface area contributed by atoms with Crippen LogP contribution in [0.5, 0.6) is 0 Å². The predicted molar refractivity (Wildman–Crippen MR) is 75.4 cm³/mol. The van der Waals surface area contributed by atoms with Crippen molar-refractivity contribution >= 4 is 23.2 Å². The lowest BCUT2D eigenvalue weighted by Gasteiger charge is -2.14. The normalized spacial score (nSPS) is 12.7. The number of hydrogen-bond acceptors (Lipinski definition) is 2. The average Bonchev–Trinajstić information content (AvgIpc) is 2.77. The van der Waals surface area contributed by atoms with E-state index in [-0.39, 0.29) is 6.04 Å². The first-order valence-electron chi connectivity index (χ1n) is 5.76. The Morgan fingerprint density at radius 2 is 2.00 bits per heavy atom. The Morgan fingerprint density at radius 3 is 2.56 bits per heavy atom. The highest BCUT2D eigenvalue weighted by molar-refractivity contribution is 6.42. The second-order valence-corrected chi connectivity index (χ2v) is 5.10. The van der Waals surface area contributed by atoms with Crippen molar-refractivity contribution in [1.82, 2.24) is 5.32 Å². The molecule has 0 amide bonds. The molecule has 0 radical (unpaired) electrons. The van der Waals surface area contributed by atoms with Crippen LogP contribution in [0.25, 0.3) is 0 Å². The smallest absolute Gasteiger partial charge is 0.101 e. The largest absolute Gasteiger partial charge is 0.469 e. The maximum Gasteiger partial charge on any atom is 0.101 e. The Hall–Kier alpha value is -0.960. The van der Waals surface area contributed by atoms with Crippen molar-refractivity contribution < 1.29 is 4.42 Å². The summed E-state index contributed by atoms with van der Waals surface area (Å²) in [6.45, 7) is 1.94. The summed E-state index contributed by atoms with van der Waals surface area (Å²) in [7, 11) is 1.94. The molecule has 18 heavy (non-hydrogen) atoms. The summed E-state index contributed by atoms with van der Waals surface area (Å²) < 4.78 is 5.34. The fourth-order valence-electron chi connectivity index (χ4n) is 1.94. The second-order valence-electron chi connectivity index (χ2n) is 4.28. The topological polar surface area (TPSA) is 25.2 Å². The fraction of sp³-hybridized carbons (Fsp3) is 0.286. The van der Waals surface area contributed by atoms with E-state index < -0.39 is 0 Å². The summed E-state index contributed by atoms with van der Waals surface area (Å²) in [5, 5.41) is 4.45. The van der Waals surface area contributed by atoms with Gasteiger partial charge in [-0.05, 0) is 44.2 Å². The van der Waals surface area contributed by atoms with Gasteiger partial charge < -0.3 is 9.73 Å². The molecule has 96 valence electrons. The molecular formula is C14H15Cl2NO. The van der Waals surface area contributed by atoms with Gasteiger partial charge >= 0.3 is 0 Å². The van der Waals surface area contributed by atoms with Crippen LogP contribution in [0.2, 0.25) is 10.0 Å². The van der Waals surface area contributed by atoms with Crippen LogP contribution in [-0.4, -0.2) is 7.05 Å². The molecular weight excluding hydrogens is 269 g/mol. The monoisotopic (exact) mass is 283 g/mol. The number of nitrogens with one attached hydrogen (secondary N) is 1. The van der Waals surface area contributed by atoms with Crippen LogP contribution in [0, 0.1) is 6.92 Å². The SMILES string of the molecule is CNC(Cc1ccc(Cl)c(Cl)c1)c1coc(C)c1. The number of aryl methyl sites for hydroxylation is 1. The Bertz CT molecular complexity index is 536. The van der Waals surface area contributed by atoms with Crippen molar-refractivity contribution in [2.24, 2.45) is 0 Å². The van der Waals surface area contributed by atoms with Gasteiger partial charge in [-0.15, -0.1) is 0 Å². The first-order valence-corrected chi connectivity index (χ1v) is 6.52. The molecule has 0 aliphatic rings. The van der Waals surface area contributed by atoms with Crippen LogP contribution in [0.1, 0.15) is 22.9 Å². The molecule has 0 fully saturated rings. The van der Waals surface area contributed by atoms with Crippen molar-refractivity contribution in [3.63, 3.8) is 0 Å². The number of furan rings is 1. The van der Waals surface area contributed by atoms with E-state index in [1.807, 2.05) is 38.2 Å². The number of halogens is 2. The van der Waals surface area contributed by atoms with E-state index in [9.17, 15) is 0 Å². The maximum absolute atomic E-state index is 6.02. The van der Waals surface area contributed by atoms with Crippen molar-refractivity contribution in [2.75, 3.05) is 7.05 Å². The first kappa shape index (κ1) is 13.5. The van der Waals surface area contributed by atoms with E-state index in [0.29, 0.717) is 10.0 Å². The minimum Gasteiger partial charge on any atom is -0.469 e. The fourth-order valence-corrected chi connectivity index (χ4v) is 2.26. The molecule has 0 saturated carbocycles. The van der Waals surface area contributed by atoms with Gasteiger partial charge in [0, 0.05) is 11.6 Å². The number of likely N-dealkylation sites (N-methyl/N-ethyl adjacent to an activating group) is 1. The molecule has 0 saturated heterocycles. The number of benzene rings is 1. The van der Waals surface area contributed by atoms with Crippen LogP contribution in [0.3, 0.4) is 0 Å². The predicted octanol–water partition coefficient (Wildman–Crippen LogP) is 4.40. The van der Waals surface area contributed by atoms with Crippen LogP contribution < -0.4 is 5.32 Å². The lowest BCUT2D eigenvalue weighted by Crippen LogP contribution is -2.18. The molecule has 0 bridgehead atoms. The highest BCUT2D eigenvalue weighted by atomic mass is 35.5. The second kappa shape index (κ2) is 5.79. The van der Waals surface area contributed by atoms with Crippen molar-refractivity contribution in [3.8, 4) is 0 Å². The van der Waals surface area contributed by atoms with Crippen LogP contribution in [0.4, 0.5) is 0 Å². The Labute approximate surface area is 117 Å². The molecule has 1 atom stereocenters. The molecule has 2 nitrogen and oxygen atoms in total. The molecule has 1 N–H and O–H groups in total. The van der Waals surface area contributed by atoms with E-state index in [0.717, 1.165) is 23.3 Å². The van der Waals surface area contributed by atoms with Gasteiger partial charge in [-0.3, -0.25) is 0 Å². The summed E-state index contributed by atoms with van der Waals surface area (Å²) in [6.07, 6.45) is 2.63. The first-order chi connectivity index (χ1) is 8.60. The van der Waals surface area contributed by atoms with Gasteiger partial charge in [0.15, 0.2) is 0 Å². The maximum atomic E-state index is 6.02. The van der Waals surface area contributed by atoms with Gasteiger partial charge in [-0.25, -0.2) is 0 Å². The van der Waals surface area contributed by atoms with Gasteiger partial charge in [0.25, 0.3) is 0 Å². The third-order valence-corrected chi connectivity index (χ3v) is 3.66. The summed E-state index contributed by atoms with van der Waals surface area (Å²) in [5.74, 6) is 0.916. The van der Waals surface area contributed by atoms with Crippen molar-refractivity contribution in [2.45, 2.75) is 19.4 Å². The standard InChI is InChI=1S/C14H15Cl2NO/c1-9-5-11(8-18-9)14(17-2)7-10-3-4-12(15)13(16)6-10/h3-6,8,14,17H,7H2,1-2H3. The van der Waals surface area contributed by atoms with Crippen molar-refractivity contribution in [3.05, 3.63) is 57.5 Å². The quantitative estimate of drug-likeness (QED) is 0.900. The van der Waals surface area contributed by atoms with Gasteiger partial charge in [-0.1, -0.05) is 29.3 Å². The summed E-state index contributed by atoms with van der Waals surface area (Å²) in [5.41, 5.74) is 2.28. The zero-order valence-electron chi connectivity index (χ0n) is 10.3. The van der Waals surface area contributed by atoms with E-state index >= 15 is 0 Å². The molecule has 1 heterocycles. The average molecular weight is 284 g/mol. The van der Waals surface area contributed by atoms with Crippen LogP contribution in [-0.2, 0) is 6.42 Å². The molecule has 1 aromatic heterocycles. The van der Waals surface area contributed by atoms with Gasteiger partial charge in [0.05, 0.1) is 16.3 Å². The zero-order chi connectivity index (χ0) is 13.1. The lowest BCUT2D eigenvalue weighted by atomic mass is 10.0. The summed E-state index contributed by atoms with van der Waals surface area (Å²) >= 11 is 11.9. The van der Waals surface area contributed by atoms with Crippen LogP contribution in [0.15, 0.2) is 34.9 Å². The van der Waals surface area contributed by atoms with E-state index in [2.05, 4.69) is 5.32 Å². The molecule has 0 aliphatic heterocycles. The summed E-state index contributed by atoms with van der Waals surface area (Å²) in [6, 6.07) is 7.97. The minimum atomic E-state index is 0.208. The Morgan fingerprint density at radius 1 is 1.22 bits per heavy atom. The molecule has 0 spiro atoms. The van der Waals surface area contributed by atoms with E-state index in [1.165, 1.54) is 0 Å². The lowest BCUT2D eigenvalue weighted by molar-refractivity contribution is 0.520.